The van der Waals surface area contributed by atoms with Gasteiger partial charge in [0.05, 0.1) is 6.61 Å². The Hall–Kier alpha value is -2.32. The second-order valence-corrected chi connectivity index (χ2v) is 7.54. The highest BCUT2D eigenvalue weighted by atomic mass is 16.5. The second-order valence-electron chi connectivity index (χ2n) is 7.54. The average molecular weight is 376 g/mol. The molecule has 1 N–H and O–H groups in total. The quantitative estimate of drug-likeness (QED) is 0.363. The molecule has 148 valence electrons. The van der Waals surface area contributed by atoms with Crippen LogP contribution in [-0.2, 0) is 6.54 Å². The van der Waals surface area contributed by atoms with E-state index in [4.69, 9.17) is 4.74 Å². The van der Waals surface area contributed by atoms with Gasteiger partial charge in [-0.05, 0) is 35.7 Å². The summed E-state index contributed by atoms with van der Waals surface area (Å²) in [5.41, 5.74) is 2.57. The van der Waals surface area contributed by atoms with Gasteiger partial charge in [-0.2, -0.15) is 0 Å². The number of benzene rings is 3. The van der Waals surface area contributed by atoms with Gasteiger partial charge >= 0.3 is 0 Å². The van der Waals surface area contributed by atoms with E-state index in [0.717, 1.165) is 25.3 Å². The standard InChI is InChI=1S/C26H33NO/c1-3-4-5-6-12-19-28-26-18-17-23-15-10-11-16-24(23)25(26)20-27-21(2)22-13-8-7-9-14-22/h7-11,13-18,21,27H,3-6,12,19-20H2,1-2H3. The summed E-state index contributed by atoms with van der Waals surface area (Å²) in [5, 5.41) is 6.23. The van der Waals surface area contributed by atoms with Crippen molar-refractivity contribution in [2.24, 2.45) is 0 Å². The van der Waals surface area contributed by atoms with Crippen molar-refractivity contribution in [3.05, 3.63) is 77.9 Å². The lowest BCUT2D eigenvalue weighted by Gasteiger charge is -2.18. The molecule has 0 aliphatic heterocycles. The van der Waals surface area contributed by atoms with Crippen molar-refractivity contribution in [2.45, 2.75) is 58.5 Å². The van der Waals surface area contributed by atoms with Crippen molar-refractivity contribution >= 4 is 10.8 Å². The molecule has 0 amide bonds. The highest BCUT2D eigenvalue weighted by molar-refractivity contribution is 5.87. The Morgan fingerprint density at radius 2 is 1.57 bits per heavy atom. The maximum atomic E-state index is 6.22. The molecule has 28 heavy (non-hydrogen) atoms. The molecule has 0 spiro atoms. The predicted molar refractivity (Wildman–Crippen MR) is 120 cm³/mol. The van der Waals surface area contributed by atoms with E-state index < -0.39 is 0 Å². The van der Waals surface area contributed by atoms with Gasteiger partial charge in [-0.25, -0.2) is 0 Å². The SMILES string of the molecule is CCCCCCCOc1ccc2ccccc2c1CNC(C)c1ccccc1. The molecule has 0 saturated carbocycles. The maximum Gasteiger partial charge on any atom is 0.124 e. The Bertz CT molecular complexity index is 843. The molecular formula is C26H33NO. The molecule has 0 radical (unpaired) electrons. The Labute approximate surface area is 169 Å². The van der Waals surface area contributed by atoms with Crippen LogP contribution in [0.5, 0.6) is 5.75 Å². The van der Waals surface area contributed by atoms with Crippen LogP contribution in [-0.4, -0.2) is 6.61 Å². The van der Waals surface area contributed by atoms with E-state index in [0.29, 0.717) is 6.04 Å². The van der Waals surface area contributed by atoms with Gasteiger partial charge < -0.3 is 10.1 Å². The molecule has 0 aliphatic carbocycles. The summed E-state index contributed by atoms with van der Waals surface area (Å²) in [6, 6.07) is 23.8. The molecule has 0 aromatic heterocycles. The lowest BCUT2D eigenvalue weighted by molar-refractivity contribution is 0.301. The first-order chi connectivity index (χ1) is 13.8. The Kier molecular flexibility index (Phi) is 7.93. The maximum absolute atomic E-state index is 6.22. The molecule has 3 aromatic rings. The summed E-state index contributed by atoms with van der Waals surface area (Å²) in [7, 11) is 0. The van der Waals surface area contributed by atoms with Crippen LogP contribution in [0, 0.1) is 0 Å². The van der Waals surface area contributed by atoms with E-state index in [9.17, 15) is 0 Å². The molecule has 0 saturated heterocycles. The highest BCUT2D eigenvalue weighted by Gasteiger charge is 2.11. The number of fused-ring (bicyclic) bond motifs is 1. The zero-order valence-electron chi connectivity index (χ0n) is 17.3. The van der Waals surface area contributed by atoms with Crippen LogP contribution in [0.4, 0.5) is 0 Å². The molecular weight excluding hydrogens is 342 g/mol. The largest absolute Gasteiger partial charge is 0.493 e. The van der Waals surface area contributed by atoms with Gasteiger partial charge in [-0.1, -0.05) is 93.3 Å². The third kappa shape index (κ3) is 5.59. The predicted octanol–water partition coefficient (Wildman–Crippen LogP) is 7.04. The molecule has 0 fully saturated rings. The summed E-state index contributed by atoms with van der Waals surface area (Å²) in [4.78, 5) is 0. The van der Waals surface area contributed by atoms with Gasteiger partial charge in [-0.15, -0.1) is 0 Å². The minimum Gasteiger partial charge on any atom is -0.493 e. The minimum atomic E-state index is 0.294. The van der Waals surface area contributed by atoms with E-state index in [1.165, 1.54) is 47.6 Å². The number of nitrogens with one attached hydrogen (secondary N) is 1. The number of ether oxygens (including phenoxy) is 1. The van der Waals surface area contributed by atoms with Gasteiger partial charge in [0.1, 0.15) is 5.75 Å². The number of rotatable bonds is 11. The zero-order valence-corrected chi connectivity index (χ0v) is 17.3. The monoisotopic (exact) mass is 375 g/mol. The van der Waals surface area contributed by atoms with E-state index in [1.54, 1.807) is 0 Å². The van der Waals surface area contributed by atoms with Crippen LogP contribution in [0.2, 0.25) is 0 Å². The van der Waals surface area contributed by atoms with Crippen molar-refractivity contribution in [1.29, 1.82) is 0 Å². The Morgan fingerprint density at radius 3 is 2.39 bits per heavy atom. The summed E-state index contributed by atoms with van der Waals surface area (Å²) in [6.45, 7) is 6.06. The molecule has 2 nitrogen and oxygen atoms in total. The molecule has 1 unspecified atom stereocenters. The molecule has 3 rings (SSSR count). The van der Waals surface area contributed by atoms with Crippen LogP contribution in [0.3, 0.4) is 0 Å². The number of hydrogen-bond donors (Lipinski definition) is 1. The van der Waals surface area contributed by atoms with E-state index >= 15 is 0 Å². The summed E-state index contributed by atoms with van der Waals surface area (Å²) >= 11 is 0. The topological polar surface area (TPSA) is 21.3 Å². The van der Waals surface area contributed by atoms with Crippen LogP contribution in [0.15, 0.2) is 66.7 Å². The summed E-state index contributed by atoms with van der Waals surface area (Å²) in [6.07, 6.45) is 6.28. The summed E-state index contributed by atoms with van der Waals surface area (Å²) in [5.74, 6) is 1.02. The average Bonchev–Trinajstić information content (AvgIpc) is 2.75. The van der Waals surface area contributed by atoms with E-state index in [2.05, 4.69) is 85.9 Å². The first-order valence-corrected chi connectivity index (χ1v) is 10.7. The highest BCUT2D eigenvalue weighted by Crippen LogP contribution is 2.29. The van der Waals surface area contributed by atoms with Crippen molar-refractivity contribution in [3.63, 3.8) is 0 Å². The van der Waals surface area contributed by atoms with Gasteiger partial charge in [-0.3, -0.25) is 0 Å². The molecule has 0 aliphatic rings. The van der Waals surface area contributed by atoms with Gasteiger partial charge in [0, 0.05) is 18.2 Å². The zero-order chi connectivity index (χ0) is 19.6. The lowest BCUT2D eigenvalue weighted by atomic mass is 10.0. The van der Waals surface area contributed by atoms with Gasteiger partial charge in [0.25, 0.3) is 0 Å². The molecule has 0 heterocycles. The third-order valence-corrected chi connectivity index (χ3v) is 5.39. The fourth-order valence-corrected chi connectivity index (χ4v) is 3.64. The van der Waals surface area contributed by atoms with Crippen LogP contribution in [0.25, 0.3) is 10.8 Å². The smallest absolute Gasteiger partial charge is 0.124 e. The molecule has 2 heteroatoms. The lowest BCUT2D eigenvalue weighted by Crippen LogP contribution is -2.19. The Morgan fingerprint density at radius 1 is 0.821 bits per heavy atom. The van der Waals surface area contributed by atoms with Crippen molar-refractivity contribution in [1.82, 2.24) is 5.32 Å². The minimum absolute atomic E-state index is 0.294. The first-order valence-electron chi connectivity index (χ1n) is 10.7. The third-order valence-electron chi connectivity index (χ3n) is 5.39. The van der Waals surface area contributed by atoms with Crippen LogP contribution < -0.4 is 10.1 Å². The van der Waals surface area contributed by atoms with Gasteiger partial charge in [0.15, 0.2) is 0 Å². The fraction of sp³-hybridized carbons (Fsp3) is 0.385. The van der Waals surface area contributed by atoms with Crippen LogP contribution in [0.1, 0.15) is 63.1 Å². The summed E-state index contributed by atoms with van der Waals surface area (Å²) < 4.78 is 6.22. The van der Waals surface area contributed by atoms with Crippen molar-refractivity contribution in [2.75, 3.05) is 6.61 Å². The normalized spacial score (nSPS) is 12.2. The van der Waals surface area contributed by atoms with E-state index in [1.807, 2.05) is 0 Å². The first kappa shape index (κ1) is 20.4. The van der Waals surface area contributed by atoms with E-state index in [-0.39, 0.29) is 0 Å². The Balaban J connectivity index is 1.70. The van der Waals surface area contributed by atoms with Crippen molar-refractivity contribution in [3.8, 4) is 5.75 Å². The fourth-order valence-electron chi connectivity index (χ4n) is 3.64. The molecule has 3 aromatic carbocycles. The van der Waals surface area contributed by atoms with Crippen molar-refractivity contribution < 1.29 is 4.74 Å². The van der Waals surface area contributed by atoms with Crippen LogP contribution >= 0.6 is 0 Å². The molecule has 1 atom stereocenters. The number of unbranched alkanes of at least 4 members (excludes halogenated alkanes) is 4. The van der Waals surface area contributed by atoms with Gasteiger partial charge in [0.2, 0.25) is 0 Å². The molecule has 0 bridgehead atoms. The second kappa shape index (κ2) is 10.9. The number of hydrogen-bond acceptors (Lipinski definition) is 2.